The SMILES string of the molecule is F[B-](F)(F)F.c1ccc2[se+]c[se]c2c1. The Bertz CT molecular complexity index is 361. The molecule has 0 aliphatic heterocycles. The number of rotatable bonds is 0. The van der Waals surface area contributed by atoms with Gasteiger partial charge in [-0.2, -0.15) is 0 Å². The number of benzene rings is 1. The van der Waals surface area contributed by atoms with Crippen molar-refractivity contribution in [3.63, 3.8) is 0 Å². The Morgan fingerprint density at radius 2 is 1.64 bits per heavy atom. The van der Waals surface area contributed by atoms with E-state index >= 15 is 0 Å². The van der Waals surface area contributed by atoms with E-state index in [4.69, 9.17) is 0 Å². The van der Waals surface area contributed by atoms with Crippen molar-refractivity contribution < 1.29 is 17.3 Å². The van der Waals surface area contributed by atoms with Crippen LogP contribution >= 0.6 is 0 Å². The molecule has 2 aromatic rings. The Kier molecular flexibility index (Phi) is 4.39. The van der Waals surface area contributed by atoms with Gasteiger partial charge >= 0.3 is 72.9 Å². The average Bonchev–Trinajstić information content (AvgIpc) is 2.47. The molecule has 0 spiro atoms. The summed E-state index contributed by atoms with van der Waals surface area (Å²) in [5.41, 5.74) is 0. The maximum atomic E-state index is 9.75. The Labute approximate surface area is 90.2 Å². The van der Waals surface area contributed by atoms with E-state index in [9.17, 15) is 17.3 Å². The first-order valence-electron chi connectivity index (χ1n) is 3.58. The van der Waals surface area contributed by atoms with Crippen molar-refractivity contribution in [2.75, 3.05) is 0 Å². The minimum absolute atomic E-state index is 0.705. The molecule has 0 unspecified atom stereocenters. The van der Waals surface area contributed by atoms with Crippen LogP contribution < -0.4 is 0 Å². The van der Waals surface area contributed by atoms with Crippen LogP contribution in [0.1, 0.15) is 0 Å². The first-order valence-corrected chi connectivity index (χ1v) is 7.27. The molecule has 1 aromatic heterocycles. The third kappa shape index (κ3) is 4.96. The van der Waals surface area contributed by atoms with Gasteiger partial charge in [-0.15, -0.1) is 0 Å². The van der Waals surface area contributed by atoms with Gasteiger partial charge in [0.25, 0.3) is 0 Å². The van der Waals surface area contributed by atoms with E-state index in [2.05, 4.69) is 28.1 Å². The van der Waals surface area contributed by atoms with Gasteiger partial charge in [0, 0.05) is 0 Å². The molecule has 1 aromatic carbocycles. The van der Waals surface area contributed by atoms with E-state index in [0.29, 0.717) is 29.0 Å². The molecule has 7 heteroatoms. The average molecular weight is 334 g/mol. The molecule has 1 heterocycles. The van der Waals surface area contributed by atoms with Gasteiger partial charge in [0.15, 0.2) is 0 Å². The molecule has 0 aliphatic carbocycles. The van der Waals surface area contributed by atoms with Crippen LogP contribution in [0.5, 0.6) is 0 Å². The first-order chi connectivity index (χ1) is 6.47. The predicted octanol–water partition coefficient (Wildman–Crippen LogP) is 2.53. The molecule has 76 valence electrons. The maximum absolute atomic E-state index is 9.75. The zero-order chi connectivity index (χ0) is 10.6. The van der Waals surface area contributed by atoms with Gasteiger partial charge < -0.3 is 17.3 Å². The second-order valence-electron chi connectivity index (χ2n) is 2.27. The third-order valence-corrected chi connectivity index (χ3v) is 6.92. The van der Waals surface area contributed by atoms with Crippen LogP contribution in [0.25, 0.3) is 8.52 Å². The summed E-state index contributed by atoms with van der Waals surface area (Å²) in [6.45, 7) is 0. The Balaban J connectivity index is 0.000000171. The molecule has 2 rings (SSSR count). The van der Waals surface area contributed by atoms with Gasteiger partial charge in [0.05, 0.1) is 0 Å². The second-order valence-corrected chi connectivity index (χ2v) is 7.61. The van der Waals surface area contributed by atoms with Crippen LogP contribution in [0.3, 0.4) is 0 Å². The van der Waals surface area contributed by atoms with Crippen molar-refractivity contribution >= 4 is 44.8 Å². The van der Waals surface area contributed by atoms with Gasteiger partial charge in [0.2, 0.25) is 0 Å². The molecule has 0 radical (unpaired) electrons. The fourth-order valence-corrected chi connectivity index (χ4v) is 6.57. The van der Waals surface area contributed by atoms with Crippen LogP contribution in [0.4, 0.5) is 17.3 Å². The summed E-state index contributed by atoms with van der Waals surface area (Å²) in [6, 6.07) is 8.77. The van der Waals surface area contributed by atoms with Crippen molar-refractivity contribution in [3.8, 4) is 0 Å². The van der Waals surface area contributed by atoms with Crippen molar-refractivity contribution in [1.29, 1.82) is 0 Å². The molecule has 0 aliphatic rings. The van der Waals surface area contributed by atoms with E-state index < -0.39 is 7.25 Å². The van der Waals surface area contributed by atoms with Crippen molar-refractivity contribution in [2.45, 2.75) is 0 Å². The molecule has 0 atom stereocenters. The van der Waals surface area contributed by atoms with Gasteiger partial charge in [-0.3, -0.25) is 0 Å². The standard InChI is InChI=1S/C7H5Se2.BF4/c1-2-4-7-6(3-1)8-5-9-7;2-1(3,4)5/h1-5H;/q+1;-1. The van der Waals surface area contributed by atoms with Crippen LogP contribution in [0.2, 0.25) is 0 Å². The van der Waals surface area contributed by atoms with Gasteiger partial charge in [-0.1, -0.05) is 0 Å². The number of hydrogen-bond acceptors (Lipinski definition) is 0. The fourth-order valence-electron chi connectivity index (χ4n) is 0.773. The van der Waals surface area contributed by atoms with E-state index in [0.717, 1.165) is 0 Å². The van der Waals surface area contributed by atoms with Crippen molar-refractivity contribution in [3.05, 3.63) is 28.1 Å². The zero-order valence-corrected chi connectivity index (χ0v) is 10.2. The molecule has 14 heavy (non-hydrogen) atoms. The molecule has 0 nitrogen and oxygen atoms in total. The summed E-state index contributed by atoms with van der Waals surface area (Å²) in [7, 11) is -6.00. The molecule has 0 bridgehead atoms. The van der Waals surface area contributed by atoms with Crippen LogP contribution in [-0.2, 0) is 0 Å². The molecule has 0 saturated heterocycles. The molecular weight excluding hydrogens is 329 g/mol. The molecule has 0 fully saturated rings. The molecular formula is C7H5BF4Se2. The van der Waals surface area contributed by atoms with Gasteiger partial charge in [0.1, 0.15) is 0 Å². The zero-order valence-electron chi connectivity index (χ0n) is 6.79. The van der Waals surface area contributed by atoms with Gasteiger partial charge in [-0.05, 0) is 0 Å². The van der Waals surface area contributed by atoms with Crippen LogP contribution in [-0.4, -0.2) is 36.3 Å². The fraction of sp³-hybridized carbons (Fsp3) is 0. The summed E-state index contributed by atoms with van der Waals surface area (Å²) < 4.78 is 44.7. The second kappa shape index (κ2) is 5.12. The van der Waals surface area contributed by atoms with E-state index in [-0.39, 0.29) is 0 Å². The van der Waals surface area contributed by atoms with Crippen LogP contribution in [0.15, 0.2) is 28.1 Å². The van der Waals surface area contributed by atoms with Crippen molar-refractivity contribution in [1.82, 2.24) is 0 Å². The number of halogens is 4. The summed E-state index contributed by atoms with van der Waals surface area (Å²) >= 11 is 1.41. The quantitative estimate of drug-likeness (QED) is 0.513. The predicted molar refractivity (Wildman–Crippen MR) is 52.4 cm³/mol. The minimum atomic E-state index is -6.00. The van der Waals surface area contributed by atoms with E-state index in [1.54, 1.807) is 8.52 Å². The third-order valence-electron chi connectivity index (χ3n) is 1.20. The monoisotopic (exact) mass is 336 g/mol. The molecule has 0 saturated carbocycles. The normalized spacial score (nSPS) is 10.9. The molecule has 0 amide bonds. The topological polar surface area (TPSA) is 0 Å². The molecule has 0 N–H and O–H groups in total. The van der Waals surface area contributed by atoms with Gasteiger partial charge in [-0.25, -0.2) is 0 Å². The van der Waals surface area contributed by atoms with E-state index in [1.807, 2.05) is 0 Å². The Morgan fingerprint density at radius 1 is 1.07 bits per heavy atom. The Morgan fingerprint density at radius 3 is 2.21 bits per heavy atom. The first kappa shape index (κ1) is 12.0. The summed E-state index contributed by atoms with van der Waals surface area (Å²) in [5.74, 6) is 0. The summed E-state index contributed by atoms with van der Waals surface area (Å²) in [5, 5.41) is 0. The van der Waals surface area contributed by atoms with E-state index in [1.165, 1.54) is 0 Å². The Hall–Kier alpha value is -0.0861. The number of fused-ring (bicyclic) bond motifs is 1. The summed E-state index contributed by atoms with van der Waals surface area (Å²) in [6.07, 6.45) is 0. The van der Waals surface area contributed by atoms with Crippen molar-refractivity contribution in [2.24, 2.45) is 0 Å². The summed E-state index contributed by atoms with van der Waals surface area (Å²) in [4.78, 5) is 0. The number of hydrogen-bond donors (Lipinski definition) is 0. The van der Waals surface area contributed by atoms with Crippen LogP contribution in [0, 0.1) is 0 Å².